The van der Waals surface area contributed by atoms with E-state index >= 15 is 0 Å². The molecule has 0 saturated heterocycles. The number of hydrogen-bond donors (Lipinski definition) is 0. The average Bonchev–Trinajstić information content (AvgIpc) is 3.22. The fraction of sp³-hybridized carbons (Fsp3) is 0.148. The van der Waals surface area contributed by atoms with Gasteiger partial charge in [-0.3, -0.25) is 0 Å². The third-order valence-corrected chi connectivity index (χ3v) is 10.8. The maximum absolute atomic E-state index is 2.38. The molecule has 0 N–H and O–H groups in total. The lowest BCUT2D eigenvalue weighted by Gasteiger charge is -2.26. The molecule has 0 radical (unpaired) electrons. The van der Waals surface area contributed by atoms with E-state index in [1.54, 1.807) is 0 Å². The van der Waals surface area contributed by atoms with Gasteiger partial charge in [-0.05, 0) is 121 Å². The van der Waals surface area contributed by atoms with E-state index in [1.165, 1.54) is 61.2 Å². The van der Waals surface area contributed by atoms with E-state index < -0.39 is 0 Å². The van der Waals surface area contributed by atoms with Crippen molar-refractivity contribution in [3.63, 3.8) is 0 Å². The summed E-state index contributed by atoms with van der Waals surface area (Å²) in [5, 5.41) is 0. The van der Waals surface area contributed by atoms with Crippen LogP contribution in [0.25, 0.3) is 24.3 Å². The summed E-state index contributed by atoms with van der Waals surface area (Å²) >= 11 is 0. The molecule has 0 heterocycles. The summed E-state index contributed by atoms with van der Waals surface area (Å²) in [5.74, 6) is 0.780. The molecule has 0 aliphatic heterocycles. The lowest BCUT2D eigenvalue weighted by atomic mass is 9.78. The maximum Gasteiger partial charge on any atom is 0.0462 e. The van der Waals surface area contributed by atoms with Gasteiger partial charge in [0.05, 0.1) is 0 Å². The van der Waals surface area contributed by atoms with Crippen LogP contribution < -0.4 is 4.90 Å². The number of rotatable bonds is 12. The minimum absolute atomic E-state index is 0.382. The molecular formula is C54H51N. The molecule has 272 valence electrons. The highest BCUT2D eigenvalue weighted by atomic mass is 15.1. The molecule has 0 aliphatic rings. The Hall–Kier alpha value is -6.18. The Bertz CT molecular complexity index is 2280. The number of anilines is 3. The van der Waals surface area contributed by atoms with Crippen LogP contribution in [0.5, 0.6) is 0 Å². The molecule has 55 heavy (non-hydrogen) atoms. The minimum atomic E-state index is 0.382. The van der Waals surface area contributed by atoms with Gasteiger partial charge < -0.3 is 4.90 Å². The highest BCUT2D eigenvalue weighted by Gasteiger charge is 2.22. The SMILES string of the molecule is Cc1ccc(CC(c2ccc(C)cc2)C(C)c2ccc(C=Cc3ccc(C=Cc4ccc(N(c5ccc(C)cc5)c5ccc(C)cc5)cc4)cc3)cc2)cc1. The monoisotopic (exact) mass is 713 g/mol. The van der Waals surface area contributed by atoms with Crippen LogP contribution in [0.15, 0.2) is 170 Å². The summed E-state index contributed by atoms with van der Waals surface area (Å²) < 4.78 is 0. The van der Waals surface area contributed by atoms with Crippen LogP contribution in [0.1, 0.15) is 80.0 Å². The van der Waals surface area contributed by atoms with Gasteiger partial charge in [0, 0.05) is 17.1 Å². The van der Waals surface area contributed by atoms with Crippen molar-refractivity contribution in [1.82, 2.24) is 0 Å². The second kappa shape index (κ2) is 17.3. The molecular weight excluding hydrogens is 663 g/mol. The summed E-state index contributed by atoms with van der Waals surface area (Å²) in [7, 11) is 0. The molecule has 7 aromatic carbocycles. The van der Waals surface area contributed by atoms with Gasteiger partial charge in [-0.2, -0.15) is 0 Å². The molecule has 0 fully saturated rings. The zero-order valence-corrected chi connectivity index (χ0v) is 32.8. The van der Waals surface area contributed by atoms with Crippen LogP contribution in [0, 0.1) is 27.7 Å². The maximum atomic E-state index is 2.38. The second-order valence-electron chi connectivity index (χ2n) is 15.1. The number of benzene rings is 7. The van der Waals surface area contributed by atoms with E-state index in [9.17, 15) is 0 Å². The first-order valence-electron chi connectivity index (χ1n) is 19.5. The summed E-state index contributed by atoms with van der Waals surface area (Å²) in [6, 6.07) is 62.2. The fourth-order valence-corrected chi connectivity index (χ4v) is 7.19. The van der Waals surface area contributed by atoms with Crippen LogP contribution in [-0.4, -0.2) is 0 Å². The highest BCUT2D eigenvalue weighted by Crippen LogP contribution is 2.37. The molecule has 0 saturated carbocycles. The van der Waals surface area contributed by atoms with Crippen LogP contribution in [0.3, 0.4) is 0 Å². The highest BCUT2D eigenvalue weighted by molar-refractivity contribution is 5.78. The molecule has 1 heteroatoms. The number of hydrogen-bond acceptors (Lipinski definition) is 1. The average molecular weight is 714 g/mol. The fourth-order valence-electron chi connectivity index (χ4n) is 7.19. The van der Waals surface area contributed by atoms with Gasteiger partial charge in [0.25, 0.3) is 0 Å². The lowest BCUT2D eigenvalue weighted by molar-refractivity contribution is 0.572. The summed E-state index contributed by atoms with van der Waals surface area (Å²) in [6.07, 6.45) is 9.80. The zero-order valence-electron chi connectivity index (χ0n) is 32.8. The van der Waals surface area contributed by atoms with Gasteiger partial charge in [-0.15, -0.1) is 0 Å². The molecule has 1 nitrogen and oxygen atoms in total. The van der Waals surface area contributed by atoms with Gasteiger partial charge in [-0.1, -0.05) is 187 Å². The molecule has 0 amide bonds. The third kappa shape index (κ3) is 9.68. The van der Waals surface area contributed by atoms with E-state index in [2.05, 4.69) is 234 Å². The molecule has 0 spiro atoms. The van der Waals surface area contributed by atoms with Crippen molar-refractivity contribution in [3.05, 3.63) is 231 Å². The Labute approximate surface area is 329 Å². The Morgan fingerprint density at radius 2 is 0.655 bits per heavy atom. The van der Waals surface area contributed by atoms with Crippen molar-refractivity contribution in [3.8, 4) is 0 Å². The Balaban J connectivity index is 0.994. The molecule has 2 atom stereocenters. The van der Waals surface area contributed by atoms with Gasteiger partial charge in [0.1, 0.15) is 0 Å². The first-order chi connectivity index (χ1) is 26.8. The molecule has 7 aromatic rings. The Morgan fingerprint density at radius 1 is 0.364 bits per heavy atom. The van der Waals surface area contributed by atoms with Crippen molar-refractivity contribution in [1.29, 1.82) is 0 Å². The van der Waals surface area contributed by atoms with Crippen LogP contribution in [0.2, 0.25) is 0 Å². The molecule has 7 rings (SSSR count). The summed E-state index contributed by atoms with van der Waals surface area (Å²) in [5.41, 5.74) is 17.4. The van der Waals surface area contributed by atoms with Gasteiger partial charge in [0.15, 0.2) is 0 Å². The summed E-state index contributed by atoms with van der Waals surface area (Å²) in [4.78, 5) is 2.31. The van der Waals surface area contributed by atoms with Gasteiger partial charge in [-0.25, -0.2) is 0 Å². The van der Waals surface area contributed by atoms with Crippen molar-refractivity contribution in [2.24, 2.45) is 0 Å². The summed E-state index contributed by atoms with van der Waals surface area (Å²) in [6.45, 7) is 10.9. The van der Waals surface area contributed by atoms with E-state index in [0.29, 0.717) is 11.8 Å². The van der Waals surface area contributed by atoms with E-state index in [1.807, 2.05) is 0 Å². The van der Waals surface area contributed by atoms with Crippen molar-refractivity contribution < 1.29 is 0 Å². The normalized spacial score (nSPS) is 12.6. The van der Waals surface area contributed by atoms with Crippen LogP contribution in [-0.2, 0) is 6.42 Å². The van der Waals surface area contributed by atoms with Crippen molar-refractivity contribution >= 4 is 41.4 Å². The predicted molar refractivity (Wildman–Crippen MR) is 239 cm³/mol. The smallest absolute Gasteiger partial charge is 0.0462 e. The van der Waals surface area contributed by atoms with Crippen molar-refractivity contribution in [2.45, 2.75) is 52.9 Å². The quantitative estimate of drug-likeness (QED) is 0.114. The van der Waals surface area contributed by atoms with E-state index in [-0.39, 0.29) is 0 Å². The predicted octanol–water partition coefficient (Wildman–Crippen LogP) is 14.9. The van der Waals surface area contributed by atoms with Crippen LogP contribution in [0.4, 0.5) is 17.1 Å². The number of aryl methyl sites for hydroxylation is 4. The Morgan fingerprint density at radius 3 is 1.05 bits per heavy atom. The Kier molecular flexibility index (Phi) is 11.7. The lowest BCUT2D eigenvalue weighted by Crippen LogP contribution is -2.12. The second-order valence-corrected chi connectivity index (χ2v) is 15.1. The molecule has 0 bridgehead atoms. The van der Waals surface area contributed by atoms with Crippen LogP contribution >= 0.6 is 0 Å². The molecule has 0 aliphatic carbocycles. The topological polar surface area (TPSA) is 3.24 Å². The zero-order chi connectivity index (χ0) is 38.1. The largest absolute Gasteiger partial charge is 0.311 e. The van der Waals surface area contributed by atoms with E-state index in [0.717, 1.165) is 23.5 Å². The van der Waals surface area contributed by atoms with Gasteiger partial charge >= 0.3 is 0 Å². The van der Waals surface area contributed by atoms with E-state index in [4.69, 9.17) is 0 Å². The van der Waals surface area contributed by atoms with Gasteiger partial charge in [0.2, 0.25) is 0 Å². The molecule has 2 unspecified atom stereocenters. The molecule has 0 aromatic heterocycles. The minimum Gasteiger partial charge on any atom is -0.311 e. The first-order valence-corrected chi connectivity index (χ1v) is 19.5. The standard InChI is InChI=1S/C54H51N/c1-39-6-14-48(15-7-39)38-54(50-28-8-40(2)9-29-50)43(5)49-30-24-46(25-31-49)22-20-44-16-18-45(19-17-44)21-23-47-26-36-53(37-27-47)55(51-32-10-41(3)11-33-51)52-34-12-42(4)13-35-52/h6-37,43,54H,38H2,1-5H3. The first kappa shape index (κ1) is 37.1. The van der Waals surface area contributed by atoms with Crippen molar-refractivity contribution in [2.75, 3.05) is 4.90 Å². The number of nitrogens with zero attached hydrogens (tertiary/aromatic N) is 1. The third-order valence-electron chi connectivity index (χ3n) is 10.8.